The normalized spacial score (nSPS) is 11.9. The number of amides is 1. The molecular formula is C16H17ClN2O. The monoisotopic (exact) mass is 288 g/mol. The largest absolute Gasteiger partial charge is 0.350 e. The Balaban J connectivity index is 1.99. The first-order valence-electron chi connectivity index (χ1n) is 6.43. The van der Waals surface area contributed by atoms with Crippen molar-refractivity contribution in [2.24, 2.45) is 5.73 Å². The summed E-state index contributed by atoms with van der Waals surface area (Å²) in [5, 5.41) is 3.26. The fourth-order valence-electron chi connectivity index (χ4n) is 1.92. The van der Waals surface area contributed by atoms with Gasteiger partial charge in [0.2, 0.25) is 0 Å². The summed E-state index contributed by atoms with van der Waals surface area (Å²) in [5.74, 6) is -0.207. The van der Waals surface area contributed by atoms with Gasteiger partial charge in [0.15, 0.2) is 0 Å². The molecule has 2 aromatic carbocycles. The summed E-state index contributed by atoms with van der Waals surface area (Å²) in [6.07, 6.45) is 0. The maximum atomic E-state index is 12.1. The molecule has 20 heavy (non-hydrogen) atoms. The Labute approximate surface area is 123 Å². The second-order valence-corrected chi connectivity index (χ2v) is 5.12. The Morgan fingerprint density at radius 1 is 1.25 bits per heavy atom. The van der Waals surface area contributed by atoms with Crippen LogP contribution in [0.15, 0.2) is 48.5 Å². The third-order valence-corrected chi connectivity index (χ3v) is 3.39. The minimum absolute atomic E-state index is 0.207. The summed E-state index contributed by atoms with van der Waals surface area (Å²) < 4.78 is 0. The van der Waals surface area contributed by atoms with E-state index in [0.717, 1.165) is 11.1 Å². The molecular weight excluding hydrogens is 272 g/mol. The Morgan fingerprint density at radius 3 is 2.60 bits per heavy atom. The lowest BCUT2D eigenvalue weighted by molar-refractivity contribution is 0.0951. The third kappa shape index (κ3) is 3.59. The van der Waals surface area contributed by atoms with Crippen LogP contribution in [-0.2, 0) is 0 Å². The van der Waals surface area contributed by atoms with E-state index in [0.29, 0.717) is 17.1 Å². The Bertz CT molecular complexity index is 599. The predicted molar refractivity (Wildman–Crippen MR) is 81.9 cm³/mol. The van der Waals surface area contributed by atoms with Crippen molar-refractivity contribution in [3.63, 3.8) is 0 Å². The number of halogens is 1. The molecule has 0 saturated carbocycles. The molecule has 0 bridgehead atoms. The van der Waals surface area contributed by atoms with Gasteiger partial charge in [-0.1, -0.05) is 48.0 Å². The smallest absolute Gasteiger partial charge is 0.252 e. The summed E-state index contributed by atoms with van der Waals surface area (Å²) >= 11 is 6.06. The highest BCUT2D eigenvalue weighted by Gasteiger charge is 2.12. The second-order valence-electron chi connectivity index (χ2n) is 4.71. The van der Waals surface area contributed by atoms with Crippen molar-refractivity contribution in [1.82, 2.24) is 5.32 Å². The predicted octanol–water partition coefficient (Wildman–Crippen LogP) is 3.08. The van der Waals surface area contributed by atoms with Gasteiger partial charge in [-0.3, -0.25) is 4.79 Å². The fourth-order valence-corrected chi connectivity index (χ4v) is 2.24. The molecule has 2 aromatic rings. The average molecular weight is 289 g/mol. The molecule has 3 N–H and O–H groups in total. The maximum Gasteiger partial charge on any atom is 0.252 e. The van der Waals surface area contributed by atoms with Crippen LogP contribution in [0, 0.1) is 6.92 Å². The molecule has 1 unspecified atom stereocenters. The van der Waals surface area contributed by atoms with E-state index in [1.807, 2.05) is 43.3 Å². The molecule has 0 aliphatic carbocycles. The lowest BCUT2D eigenvalue weighted by Crippen LogP contribution is -2.32. The molecule has 104 valence electrons. The Hall–Kier alpha value is -1.84. The van der Waals surface area contributed by atoms with E-state index in [2.05, 4.69) is 5.32 Å². The minimum Gasteiger partial charge on any atom is -0.350 e. The number of carbonyl (C=O) groups excluding carboxylic acids is 1. The SMILES string of the molecule is Cc1ccc(C(=O)NCC(N)c2ccccc2)c(Cl)c1. The summed E-state index contributed by atoms with van der Waals surface area (Å²) in [7, 11) is 0. The van der Waals surface area contributed by atoms with Crippen LogP contribution < -0.4 is 11.1 Å². The first-order valence-corrected chi connectivity index (χ1v) is 6.80. The molecule has 1 amide bonds. The van der Waals surface area contributed by atoms with Gasteiger partial charge in [-0.15, -0.1) is 0 Å². The van der Waals surface area contributed by atoms with Gasteiger partial charge in [0.25, 0.3) is 5.91 Å². The zero-order valence-corrected chi connectivity index (χ0v) is 12.0. The zero-order chi connectivity index (χ0) is 14.5. The van der Waals surface area contributed by atoms with E-state index < -0.39 is 0 Å². The van der Waals surface area contributed by atoms with Gasteiger partial charge in [-0.25, -0.2) is 0 Å². The van der Waals surface area contributed by atoms with Gasteiger partial charge in [0.05, 0.1) is 10.6 Å². The number of hydrogen-bond donors (Lipinski definition) is 2. The zero-order valence-electron chi connectivity index (χ0n) is 11.3. The summed E-state index contributed by atoms with van der Waals surface area (Å²) in [6, 6.07) is 14.8. The topological polar surface area (TPSA) is 55.1 Å². The van der Waals surface area contributed by atoms with Crippen LogP contribution in [0.1, 0.15) is 27.5 Å². The van der Waals surface area contributed by atoms with Crippen molar-refractivity contribution >= 4 is 17.5 Å². The van der Waals surface area contributed by atoms with Gasteiger partial charge in [-0.05, 0) is 30.2 Å². The van der Waals surface area contributed by atoms with Gasteiger partial charge in [-0.2, -0.15) is 0 Å². The van der Waals surface area contributed by atoms with Crippen LogP contribution in [0.5, 0.6) is 0 Å². The Morgan fingerprint density at radius 2 is 1.95 bits per heavy atom. The fraction of sp³-hybridized carbons (Fsp3) is 0.188. The first kappa shape index (κ1) is 14.6. The lowest BCUT2D eigenvalue weighted by Gasteiger charge is -2.13. The van der Waals surface area contributed by atoms with Crippen LogP contribution >= 0.6 is 11.6 Å². The number of hydrogen-bond acceptors (Lipinski definition) is 2. The van der Waals surface area contributed by atoms with E-state index in [1.54, 1.807) is 12.1 Å². The molecule has 0 fully saturated rings. The number of benzene rings is 2. The average Bonchev–Trinajstić information content (AvgIpc) is 2.45. The van der Waals surface area contributed by atoms with Crippen molar-refractivity contribution in [3.8, 4) is 0 Å². The molecule has 0 aromatic heterocycles. The van der Waals surface area contributed by atoms with Crippen molar-refractivity contribution in [2.45, 2.75) is 13.0 Å². The second kappa shape index (κ2) is 6.55. The van der Waals surface area contributed by atoms with Crippen LogP contribution in [0.2, 0.25) is 5.02 Å². The third-order valence-electron chi connectivity index (χ3n) is 3.08. The van der Waals surface area contributed by atoms with Crippen molar-refractivity contribution in [3.05, 3.63) is 70.2 Å². The number of aryl methyl sites for hydroxylation is 1. The Kier molecular flexibility index (Phi) is 4.77. The molecule has 4 heteroatoms. The molecule has 1 atom stereocenters. The van der Waals surface area contributed by atoms with Crippen LogP contribution in [0.25, 0.3) is 0 Å². The van der Waals surface area contributed by atoms with E-state index >= 15 is 0 Å². The summed E-state index contributed by atoms with van der Waals surface area (Å²) in [5.41, 5.74) is 8.52. The number of carbonyl (C=O) groups is 1. The van der Waals surface area contributed by atoms with E-state index in [1.165, 1.54) is 0 Å². The molecule has 0 aliphatic rings. The van der Waals surface area contributed by atoms with Gasteiger partial charge in [0, 0.05) is 12.6 Å². The molecule has 0 aliphatic heterocycles. The van der Waals surface area contributed by atoms with E-state index in [4.69, 9.17) is 17.3 Å². The van der Waals surface area contributed by atoms with Crippen LogP contribution in [-0.4, -0.2) is 12.5 Å². The highest BCUT2D eigenvalue weighted by atomic mass is 35.5. The lowest BCUT2D eigenvalue weighted by atomic mass is 10.1. The maximum absolute atomic E-state index is 12.1. The van der Waals surface area contributed by atoms with Crippen molar-refractivity contribution in [2.75, 3.05) is 6.54 Å². The molecule has 2 rings (SSSR count). The van der Waals surface area contributed by atoms with Crippen molar-refractivity contribution < 1.29 is 4.79 Å². The highest BCUT2D eigenvalue weighted by molar-refractivity contribution is 6.33. The molecule has 3 nitrogen and oxygen atoms in total. The molecule has 0 spiro atoms. The van der Waals surface area contributed by atoms with Crippen molar-refractivity contribution in [1.29, 1.82) is 0 Å². The van der Waals surface area contributed by atoms with E-state index in [9.17, 15) is 4.79 Å². The molecule has 0 saturated heterocycles. The summed E-state index contributed by atoms with van der Waals surface area (Å²) in [6.45, 7) is 2.30. The minimum atomic E-state index is -0.232. The number of nitrogens with two attached hydrogens (primary N) is 1. The number of nitrogens with one attached hydrogen (secondary N) is 1. The van der Waals surface area contributed by atoms with Gasteiger partial charge < -0.3 is 11.1 Å². The number of rotatable bonds is 4. The summed E-state index contributed by atoms with van der Waals surface area (Å²) in [4.78, 5) is 12.1. The van der Waals surface area contributed by atoms with Gasteiger partial charge in [0.1, 0.15) is 0 Å². The molecule has 0 radical (unpaired) electrons. The standard InChI is InChI=1S/C16H17ClN2O/c1-11-7-8-13(14(17)9-11)16(20)19-10-15(18)12-5-3-2-4-6-12/h2-9,15H,10,18H2,1H3,(H,19,20). The first-order chi connectivity index (χ1) is 9.58. The highest BCUT2D eigenvalue weighted by Crippen LogP contribution is 2.17. The van der Waals surface area contributed by atoms with E-state index in [-0.39, 0.29) is 11.9 Å². The quantitative estimate of drug-likeness (QED) is 0.908. The van der Waals surface area contributed by atoms with Crippen LogP contribution in [0.4, 0.5) is 0 Å². The van der Waals surface area contributed by atoms with Crippen LogP contribution in [0.3, 0.4) is 0 Å². The molecule has 0 heterocycles. The van der Waals surface area contributed by atoms with Gasteiger partial charge >= 0.3 is 0 Å².